The molecule has 2 heterocycles. The van der Waals surface area contributed by atoms with Gasteiger partial charge in [-0.25, -0.2) is 4.79 Å². The highest BCUT2D eigenvalue weighted by molar-refractivity contribution is 6.74. The highest BCUT2D eigenvalue weighted by Gasteiger charge is 2.54. The minimum atomic E-state index is -2.09. The summed E-state index contributed by atoms with van der Waals surface area (Å²) >= 11 is 0. The summed E-state index contributed by atoms with van der Waals surface area (Å²) in [5.74, 6) is 0.210. The van der Waals surface area contributed by atoms with E-state index in [1.807, 2.05) is 0 Å². The second-order valence-electron chi connectivity index (χ2n) is 12.2. The van der Waals surface area contributed by atoms with Gasteiger partial charge in [0.1, 0.15) is 17.6 Å². The molecule has 1 aromatic heterocycles. The van der Waals surface area contributed by atoms with Crippen molar-refractivity contribution in [1.29, 1.82) is 0 Å². The molecule has 9 heteroatoms. The van der Waals surface area contributed by atoms with Crippen molar-refractivity contribution in [2.45, 2.75) is 116 Å². The van der Waals surface area contributed by atoms with Crippen LogP contribution in [-0.4, -0.2) is 44.5 Å². The molecule has 1 aromatic rings. The van der Waals surface area contributed by atoms with Gasteiger partial charge in [-0.2, -0.15) is 4.98 Å². The Morgan fingerprint density at radius 3 is 2.19 bits per heavy atom. The molecular formula is C23H45N3O4Si2. The first-order chi connectivity index (χ1) is 14.4. The van der Waals surface area contributed by atoms with Crippen LogP contribution in [0.1, 0.15) is 67.5 Å². The van der Waals surface area contributed by atoms with E-state index >= 15 is 0 Å². The van der Waals surface area contributed by atoms with Crippen LogP contribution in [0.3, 0.4) is 0 Å². The van der Waals surface area contributed by atoms with Crippen LogP contribution in [0.5, 0.6) is 0 Å². The van der Waals surface area contributed by atoms with Crippen molar-refractivity contribution < 1.29 is 13.6 Å². The number of nitrogens with zero attached hydrogens (tertiary/aromatic N) is 2. The molecule has 1 saturated heterocycles. The number of aromatic nitrogens is 2. The molecule has 0 amide bonds. The quantitative estimate of drug-likeness (QED) is 0.529. The number of ether oxygens (including phenoxy) is 1. The standard InChI is InChI=1S/C23H45N3O4Si2/c1-12-23(16-28-31(8,9)21(2,3)4)17(30-32(10,11)22(5,6)7)15-19(29-23)26-14-13-18(24)25-20(26)27/h13-14,17,19H,12,15-16H2,1-11H3,(H2,24,25,27)/t17-,19+,23+/m0/s1. The van der Waals surface area contributed by atoms with Gasteiger partial charge in [0.25, 0.3) is 0 Å². The number of nitrogens with two attached hydrogens (primary N) is 1. The first kappa shape index (κ1) is 27.2. The van der Waals surface area contributed by atoms with Gasteiger partial charge in [0.2, 0.25) is 0 Å². The van der Waals surface area contributed by atoms with E-state index in [2.05, 4.69) is 79.6 Å². The molecule has 0 radical (unpaired) electrons. The zero-order valence-corrected chi connectivity index (χ0v) is 24.0. The predicted octanol–water partition coefficient (Wildman–Crippen LogP) is 5.31. The lowest BCUT2D eigenvalue weighted by Crippen LogP contribution is -2.54. The Morgan fingerprint density at radius 2 is 1.72 bits per heavy atom. The molecule has 0 aliphatic carbocycles. The average Bonchev–Trinajstić information content (AvgIpc) is 2.96. The molecule has 1 fully saturated rings. The van der Waals surface area contributed by atoms with E-state index in [1.165, 1.54) is 4.57 Å². The lowest BCUT2D eigenvalue weighted by molar-refractivity contribution is -0.124. The summed E-state index contributed by atoms with van der Waals surface area (Å²) in [6.07, 6.45) is 2.33. The Balaban J connectivity index is 2.44. The third-order valence-electron chi connectivity index (χ3n) is 7.86. The Bertz CT molecular complexity index is 858. The molecule has 1 aliphatic rings. The zero-order chi connectivity index (χ0) is 24.8. The lowest BCUT2D eigenvalue weighted by atomic mass is 9.95. The van der Waals surface area contributed by atoms with E-state index < -0.39 is 34.2 Å². The fourth-order valence-corrected chi connectivity index (χ4v) is 5.77. The molecule has 0 saturated carbocycles. The van der Waals surface area contributed by atoms with E-state index in [1.54, 1.807) is 12.3 Å². The Hall–Kier alpha value is -1.01. The van der Waals surface area contributed by atoms with Gasteiger partial charge in [0, 0.05) is 12.6 Å². The molecule has 3 atom stereocenters. The molecule has 0 aromatic carbocycles. The van der Waals surface area contributed by atoms with Crippen molar-refractivity contribution in [3.8, 4) is 0 Å². The van der Waals surface area contributed by atoms with Crippen LogP contribution in [0.4, 0.5) is 5.82 Å². The largest absolute Gasteiger partial charge is 0.414 e. The van der Waals surface area contributed by atoms with E-state index in [-0.39, 0.29) is 22.0 Å². The van der Waals surface area contributed by atoms with Crippen molar-refractivity contribution in [3.05, 3.63) is 22.7 Å². The third kappa shape index (κ3) is 5.55. The van der Waals surface area contributed by atoms with Gasteiger partial charge in [0.05, 0.1) is 12.7 Å². The van der Waals surface area contributed by atoms with Crippen LogP contribution in [0.2, 0.25) is 36.3 Å². The number of nitrogen functional groups attached to an aromatic ring is 1. The summed E-state index contributed by atoms with van der Waals surface area (Å²) in [5.41, 5.74) is 4.67. The summed E-state index contributed by atoms with van der Waals surface area (Å²) in [6, 6.07) is 1.63. The fraction of sp³-hybridized carbons (Fsp3) is 0.826. The van der Waals surface area contributed by atoms with Crippen LogP contribution in [0.25, 0.3) is 0 Å². The van der Waals surface area contributed by atoms with Crippen LogP contribution >= 0.6 is 0 Å². The van der Waals surface area contributed by atoms with Crippen molar-refractivity contribution in [1.82, 2.24) is 9.55 Å². The van der Waals surface area contributed by atoms with E-state index in [4.69, 9.17) is 19.3 Å². The maximum Gasteiger partial charge on any atom is 0.351 e. The van der Waals surface area contributed by atoms with Gasteiger partial charge in [-0.3, -0.25) is 4.57 Å². The number of hydrogen-bond donors (Lipinski definition) is 1. The second kappa shape index (κ2) is 8.98. The molecule has 0 bridgehead atoms. The van der Waals surface area contributed by atoms with E-state index in [0.717, 1.165) is 6.42 Å². The molecule has 1 aliphatic heterocycles. The molecule has 184 valence electrons. The third-order valence-corrected chi connectivity index (χ3v) is 16.8. The highest BCUT2D eigenvalue weighted by atomic mass is 28.4. The Kier molecular flexibility index (Phi) is 7.64. The van der Waals surface area contributed by atoms with Crippen molar-refractivity contribution in [3.63, 3.8) is 0 Å². The highest BCUT2D eigenvalue weighted by Crippen LogP contribution is 2.47. The molecule has 7 nitrogen and oxygen atoms in total. The maximum absolute atomic E-state index is 12.6. The molecule has 2 N–H and O–H groups in total. The first-order valence-electron chi connectivity index (χ1n) is 11.7. The molecule has 0 spiro atoms. The number of rotatable bonds is 7. The Morgan fingerprint density at radius 1 is 1.16 bits per heavy atom. The van der Waals surface area contributed by atoms with Gasteiger partial charge in [-0.15, -0.1) is 0 Å². The van der Waals surface area contributed by atoms with Crippen LogP contribution in [0.15, 0.2) is 17.1 Å². The smallest absolute Gasteiger partial charge is 0.351 e. The van der Waals surface area contributed by atoms with Crippen molar-refractivity contribution in [2.75, 3.05) is 12.3 Å². The molecule has 32 heavy (non-hydrogen) atoms. The van der Waals surface area contributed by atoms with Gasteiger partial charge < -0.3 is 19.3 Å². The van der Waals surface area contributed by atoms with E-state index in [0.29, 0.717) is 13.0 Å². The van der Waals surface area contributed by atoms with Crippen LogP contribution < -0.4 is 11.4 Å². The van der Waals surface area contributed by atoms with Gasteiger partial charge in [0.15, 0.2) is 16.6 Å². The first-order valence-corrected chi connectivity index (χ1v) is 17.5. The summed E-state index contributed by atoms with van der Waals surface area (Å²) in [4.78, 5) is 16.5. The zero-order valence-electron chi connectivity index (χ0n) is 22.0. The fourth-order valence-electron chi connectivity index (χ4n) is 3.36. The summed E-state index contributed by atoms with van der Waals surface area (Å²) in [7, 11) is -4.09. The molecule has 0 unspecified atom stereocenters. The predicted molar refractivity (Wildman–Crippen MR) is 136 cm³/mol. The Labute approximate surface area is 196 Å². The van der Waals surface area contributed by atoms with Crippen LogP contribution in [0, 0.1) is 0 Å². The number of hydrogen-bond acceptors (Lipinski definition) is 6. The van der Waals surface area contributed by atoms with E-state index in [9.17, 15) is 4.79 Å². The molecule has 2 rings (SSSR count). The van der Waals surface area contributed by atoms with Crippen molar-refractivity contribution >= 4 is 22.5 Å². The second-order valence-corrected chi connectivity index (χ2v) is 21.8. The minimum Gasteiger partial charge on any atom is -0.414 e. The summed E-state index contributed by atoms with van der Waals surface area (Å²) in [6.45, 7) is 25.0. The summed E-state index contributed by atoms with van der Waals surface area (Å²) in [5, 5.41) is 0.151. The maximum atomic E-state index is 12.6. The average molecular weight is 484 g/mol. The topological polar surface area (TPSA) is 88.6 Å². The van der Waals surface area contributed by atoms with Gasteiger partial charge in [-0.1, -0.05) is 48.5 Å². The van der Waals surface area contributed by atoms with Gasteiger partial charge in [-0.05, 0) is 48.8 Å². The summed E-state index contributed by atoms with van der Waals surface area (Å²) < 4.78 is 21.8. The monoisotopic (exact) mass is 483 g/mol. The number of anilines is 1. The lowest BCUT2D eigenvalue weighted by Gasteiger charge is -2.44. The van der Waals surface area contributed by atoms with Gasteiger partial charge >= 0.3 is 5.69 Å². The SMILES string of the molecule is CC[C@]1(CO[Si](C)(C)C(C)(C)C)O[C@@H](n2ccc(N)nc2=O)C[C@@H]1O[Si](C)(C)C(C)(C)C. The van der Waals surface area contributed by atoms with Crippen LogP contribution in [-0.2, 0) is 13.6 Å². The minimum absolute atomic E-state index is 0.0600. The van der Waals surface area contributed by atoms with Crippen molar-refractivity contribution in [2.24, 2.45) is 0 Å². The molecular weight excluding hydrogens is 438 g/mol. The normalized spacial score (nSPS) is 25.3.